The Bertz CT molecular complexity index is 699. The van der Waals surface area contributed by atoms with E-state index in [4.69, 9.17) is 4.74 Å². The maximum absolute atomic E-state index is 12.3. The average Bonchev–Trinajstić information content (AvgIpc) is 2.61. The Balaban J connectivity index is 1.99. The van der Waals surface area contributed by atoms with Crippen LogP contribution in [0.15, 0.2) is 48.5 Å². The monoisotopic (exact) mass is 327 g/mol. The lowest BCUT2D eigenvalue weighted by atomic mass is 10.2. The molecule has 0 aliphatic heterocycles. The molecule has 0 saturated carbocycles. The first-order valence-electron chi connectivity index (χ1n) is 7.73. The summed E-state index contributed by atoms with van der Waals surface area (Å²) in [7, 11) is 1.55. The van der Waals surface area contributed by atoms with Crippen molar-refractivity contribution < 1.29 is 14.3 Å². The topological polar surface area (TPSA) is 79.5 Å². The summed E-state index contributed by atoms with van der Waals surface area (Å²) in [4.78, 5) is 23.9. The molecule has 0 aromatic heterocycles. The number of para-hydroxylation sites is 2. The maximum atomic E-state index is 12.3. The number of amides is 3. The summed E-state index contributed by atoms with van der Waals surface area (Å²) in [5.41, 5.74) is 1.71. The molecule has 0 heterocycles. The summed E-state index contributed by atoms with van der Waals surface area (Å²) < 4.78 is 5.21. The van der Waals surface area contributed by atoms with Crippen LogP contribution in [0.2, 0.25) is 0 Å². The van der Waals surface area contributed by atoms with Gasteiger partial charge in [0.05, 0.1) is 12.8 Å². The van der Waals surface area contributed by atoms with Gasteiger partial charge in [-0.1, -0.05) is 19.1 Å². The molecular weight excluding hydrogens is 306 g/mol. The number of benzene rings is 2. The number of methoxy groups -OCH3 is 1. The zero-order valence-electron chi connectivity index (χ0n) is 13.8. The second-order valence-corrected chi connectivity index (χ2v) is 5.11. The zero-order chi connectivity index (χ0) is 17.4. The molecule has 0 unspecified atom stereocenters. The third kappa shape index (κ3) is 4.74. The summed E-state index contributed by atoms with van der Waals surface area (Å²) >= 11 is 0. The minimum atomic E-state index is -0.261. The van der Waals surface area contributed by atoms with Crippen LogP contribution in [0.1, 0.15) is 23.7 Å². The Hall–Kier alpha value is -3.02. The van der Waals surface area contributed by atoms with Gasteiger partial charge in [-0.25, -0.2) is 4.79 Å². The number of hydrogen-bond acceptors (Lipinski definition) is 3. The molecule has 0 atom stereocenters. The van der Waals surface area contributed by atoms with Gasteiger partial charge in [0.2, 0.25) is 0 Å². The summed E-state index contributed by atoms with van der Waals surface area (Å²) in [5.74, 6) is 0.346. The Morgan fingerprint density at radius 2 is 1.71 bits per heavy atom. The van der Waals surface area contributed by atoms with Crippen molar-refractivity contribution >= 4 is 23.3 Å². The molecule has 6 nitrogen and oxygen atoms in total. The number of nitrogens with one attached hydrogen (secondary N) is 3. The fraction of sp³-hybridized carbons (Fsp3) is 0.222. The summed E-state index contributed by atoms with van der Waals surface area (Å²) in [6.07, 6.45) is 0.871. The molecule has 6 heteroatoms. The highest BCUT2D eigenvalue weighted by Crippen LogP contribution is 2.23. The molecule has 3 amide bonds. The molecule has 2 rings (SSSR count). The quantitative estimate of drug-likeness (QED) is 0.760. The number of anilines is 2. The van der Waals surface area contributed by atoms with Gasteiger partial charge in [-0.15, -0.1) is 0 Å². The van der Waals surface area contributed by atoms with Gasteiger partial charge >= 0.3 is 6.03 Å². The minimum absolute atomic E-state index is 0.249. The Kier molecular flexibility index (Phi) is 6.19. The van der Waals surface area contributed by atoms with E-state index in [-0.39, 0.29) is 11.9 Å². The van der Waals surface area contributed by atoms with Gasteiger partial charge in [-0.2, -0.15) is 0 Å². The largest absolute Gasteiger partial charge is 0.495 e. The van der Waals surface area contributed by atoms with E-state index in [0.29, 0.717) is 29.2 Å². The predicted octanol–water partition coefficient (Wildman–Crippen LogP) is 3.48. The van der Waals surface area contributed by atoms with Crippen molar-refractivity contribution in [2.24, 2.45) is 0 Å². The van der Waals surface area contributed by atoms with Crippen LogP contribution in [0.4, 0.5) is 16.2 Å². The molecule has 0 fully saturated rings. The van der Waals surface area contributed by atoms with Crippen molar-refractivity contribution in [3.8, 4) is 5.75 Å². The molecular formula is C18H21N3O3. The highest BCUT2D eigenvalue weighted by Gasteiger charge is 2.09. The van der Waals surface area contributed by atoms with Crippen LogP contribution < -0.4 is 20.7 Å². The lowest BCUT2D eigenvalue weighted by Gasteiger charge is -2.10. The van der Waals surface area contributed by atoms with Crippen LogP contribution in [0.3, 0.4) is 0 Å². The maximum Gasteiger partial charge on any atom is 0.319 e. The SMILES string of the molecule is CCCNC(=O)Nc1ccc(C(=O)Nc2ccccc2OC)cc1. The summed E-state index contributed by atoms with van der Waals surface area (Å²) in [6, 6.07) is 13.6. The zero-order valence-corrected chi connectivity index (χ0v) is 13.8. The first-order chi connectivity index (χ1) is 11.6. The Labute approximate surface area is 141 Å². The summed E-state index contributed by atoms with van der Waals surface area (Å²) in [5, 5.41) is 8.23. The fourth-order valence-corrected chi connectivity index (χ4v) is 2.06. The predicted molar refractivity (Wildman–Crippen MR) is 94.7 cm³/mol. The van der Waals surface area contributed by atoms with Gasteiger partial charge in [0.1, 0.15) is 5.75 Å². The van der Waals surface area contributed by atoms with E-state index >= 15 is 0 Å². The number of hydrogen-bond donors (Lipinski definition) is 3. The van der Waals surface area contributed by atoms with Gasteiger partial charge in [0.15, 0.2) is 0 Å². The molecule has 2 aromatic rings. The molecule has 0 aliphatic rings. The van der Waals surface area contributed by atoms with E-state index in [9.17, 15) is 9.59 Å². The first-order valence-corrected chi connectivity index (χ1v) is 7.73. The molecule has 0 bridgehead atoms. The van der Waals surface area contributed by atoms with Crippen LogP contribution in [-0.2, 0) is 0 Å². The fourth-order valence-electron chi connectivity index (χ4n) is 2.06. The Morgan fingerprint density at radius 3 is 2.38 bits per heavy atom. The van der Waals surface area contributed by atoms with E-state index in [1.807, 2.05) is 19.1 Å². The lowest BCUT2D eigenvalue weighted by molar-refractivity contribution is 0.102. The molecule has 126 valence electrons. The standard InChI is InChI=1S/C18H21N3O3/c1-3-12-19-18(23)20-14-10-8-13(9-11-14)17(22)21-15-6-4-5-7-16(15)24-2/h4-11H,3,12H2,1-2H3,(H,21,22)(H2,19,20,23). The lowest BCUT2D eigenvalue weighted by Crippen LogP contribution is -2.29. The van der Waals surface area contributed by atoms with Crippen molar-refractivity contribution in [3.63, 3.8) is 0 Å². The van der Waals surface area contributed by atoms with Gasteiger partial charge in [-0.05, 0) is 42.8 Å². The van der Waals surface area contributed by atoms with E-state index in [0.717, 1.165) is 6.42 Å². The normalized spacial score (nSPS) is 9.92. The highest BCUT2D eigenvalue weighted by atomic mass is 16.5. The van der Waals surface area contributed by atoms with Crippen LogP contribution in [0.5, 0.6) is 5.75 Å². The van der Waals surface area contributed by atoms with Crippen LogP contribution in [0, 0.1) is 0 Å². The number of rotatable bonds is 6. The van der Waals surface area contributed by atoms with Gasteiger partial charge in [0.25, 0.3) is 5.91 Å². The van der Waals surface area contributed by atoms with Crippen LogP contribution >= 0.6 is 0 Å². The van der Waals surface area contributed by atoms with Crippen molar-refractivity contribution in [1.29, 1.82) is 0 Å². The molecule has 0 radical (unpaired) electrons. The first kappa shape index (κ1) is 17.3. The van der Waals surface area contributed by atoms with Crippen LogP contribution in [0.25, 0.3) is 0 Å². The molecule has 0 spiro atoms. The summed E-state index contributed by atoms with van der Waals surface area (Å²) in [6.45, 7) is 2.60. The van der Waals surface area contributed by atoms with Crippen LogP contribution in [-0.4, -0.2) is 25.6 Å². The molecule has 2 aromatic carbocycles. The third-order valence-electron chi connectivity index (χ3n) is 3.30. The number of carbonyl (C=O) groups is 2. The third-order valence-corrected chi connectivity index (χ3v) is 3.30. The minimum Gasteiger partial charge on any atom is -0.495 e. The van der Waals surface area contributed by atoms with E-state index in [1.54, 1.807) is 43.5 Å². The van der Waals surface area contributed by atoms with E-state index in [1.165, 1.54) is 0 Å². The smallest absolute Gasteiger partial charge is 0.319 e. The Morgan fingerprint density at radius 1 is 1.00 bits per heavy atom. The number of ether oxygens (including phenoxy) is 1. The van der Waals surface area contributed by atoms with Crippen molar-refractivity contribution in [1.82, 2.24) is 5.32 Å². The van der Waals surface area contributed by atoms with Gasteiger partial charge < -0.3 is 20.7 Å². The second-order valence-electron chi connectivity index (χ2n) is 5.11. The van der Waals surface area contributed by atoms with Crippen molar-refractivity contribution in [2.75, 3.05) is 24.3 Å². The second kappa shape index (κ2) is 8.57. The molecule has 24 heavy (non-hydrogen) atoms. The van der Waals surface area contributed by atoms with Crippen molar-refractivity contribution in [3.05, 3.63) is 54.1 Å². The molecule has 0 saturated heterocycles. The highest BCUT2D eigenvalue weighted by molar-refractivity contribution is 6.05. The van der Waals surface area contributed by atoms with Crippen molar-refractivity contribution in [2.45, 2.75) is 13.3 Å². The number of urea groups is 1. The van der Waals surface area contributed by atoms with Gasteiger partial charge in [0, 0.05) is 17.8 Å². The van der Waals surface area contributed by atoms with E-state index < -0.39 is 0 Å². The average molecular weight is 327 g/mol. The number of carbonyl (C=O) groups excluding carboxylic acids is 2. The molecule has 0 aliphatic carbocycles. The van der Waals surface area contributed by atoms with E-state index in [2.05, 4.69) is 16.0 Å². The molecule has 3 N–H and O–H groups in total. The van der Waals surface area contributed by atoms with Gasteiger partial charge in [-0.3, -0.25) is 4.79 Å².